The van der Waals surface area contributed by atoms with Crippen LogP contribution in [0.3, 0.4) is 0 Å². The van der Waals surface area contributed by atoms with Crippen molar-refractivity contribution in [2.45, 2.75) is 25.8 Å². The molecule has 0 bridgehead atoms. The van der Waals surface area contributed by atoms with Gasteiger partial charge in [0.1, 0.15) is 0 Å². The van der Waals surface area contributed by atoms with Gasteiger partial charge in [0.2, 0.25) is 0 Å². The van der Waals surface area contributed by atoms with Crippen LogP contribution in [0.25, 0.3) is 0 Å². The van der Waals surface area contributed by atoms with Crippen LogP contribution in [0.1, 0.15) is 25.3 Å². The maximum Gasteiger partial charge on any atom is 0.0442 e. The van der Waals surface area contributed by atoms with E-state index in [-0.39, 0.29) is 11.5 Å². The third-order valence-electron chi connectivity index (χ3n) is 3.20. The van der Waals surface area contributed by atoms with Crippen molar-refractivity contribution >= 4 is 23.2 Å². The highest BCUT2D eigenvalue weighted by Gasteiger charge is 2.56. The highest BCUT2D eigenvalue weighted by atomic mass is 35.5. The fourth-order valence-electron chi connectivity index (χ4n) is 2.02. The summed E-state index contributed by atoms with van der Waals surface area (Å²) in [5, 5.41) is 1.49. The van der Waals surface area contributed by atoms with Gasteiger partial charge < -0.3 is 5.73 Å². The summed E-state index contributed by atoms with van der Waals surface area (Å²) in [6, 6.07) is 5.75. The lowest BCUT2D eigenvalue weighted by Gasteiger charge is -2.05. The van der Waals surface area contributed by atoms with Crippen molar-refractivity contribution in [1.29, 1.82) is 0 Å². The number of nitrogens with two attached hydrogens (primary N) is 1. The van der Waals surface area contributed by atoms with Gasteiger partial charge in [-0.15, -0.1) is 0 Å². The minimum Gasteiger partial charge on any atom is -0.327 e. The molecule has 3 heteroatoms. The standard InChI is InChI=1S/C11H13Cl2N/c1-11(2)9(10(11)14)7-5-6(12)3-4-8(7)13/h3-5,9-10H,14H2,1-2H3. The Hall–Kier alpha value is -0.240. The van der Waals surface area contributed by atoms with Gasteiger partial charge in [0, 0.05) is 22.0 Å². The minimum atomic E-state index is 0.147. The third kappa shape index (κ3) is 1.44. The minimum absolute atomic E-state index is 0.147. The summed E-state index contributed by atoms with van der Waals surface area (Å²) in [4.78, 5) is 0. The molecule has 0 aliphatic heterocycles. The number of halogens is 2. The molecule has 1 aromatic rings. The van der Waals surface area contributed by atoms with E-state index in [4.69, 9.17) is 28.9 Å². The molecule has 2 N–H and O–H groups in total. The highest BCUT2D eigenvalue weighted by Crippen LogP contribution is 2.58. The smallest absolute Gasteiger partial charge is 0.0442 e. The Labute approximate surface area is 94.2 Å². The zero-order chi connectivity index (χ0) is 10.5. The van der Waals surface area contributed by atoms with Crippen LogP contribution >= 0.6 is 23.2 Å². The van der Waals surface area contributed by atoms with E-state index < -0.39 is 0 Å². The van der Waals surface area contributed by atoms with Gasteiger partial charge in [-0.2, -0.15) is 0 Å². The van der Waals surface area contributed by atoms with Crippen LogP contribution in [-0.4, -0.2) is 6.04 Å². The van der Waals surface area contributed by atoms with Crippen molar-refractivity contribution in [1.82, 2.24) is 0 Å². The van der Waals surface area contributed by atoms with Gasteiger partial charge in [0.05, 0.1) is 0 Å². The average molecular weight is 230 g/mol. The van der Waals surface area contributed by atoms with Crippen molar-refractivity contribution in [3.8, 4) is 0 Å². The van der Waals surface area contributed by atoms with Crippen LogP contribution in [0.4, 0.5) is 0 Å². The summed E-state index contributed by atoms with van der Waals surface area (Å²) in [5.74, 6) is 0.341. The van der Waals surface area contributed by atoms with Crippen LogP contribution in [0.5, 0.6) is 0 Å². The summed E-state index contributed by atoms with van der Waals surface area (Å²) in [7, 11) is 0. The molecule has 0 amide bonds. The highest BCUT2D eigenvalue weighted by molar-refractivity contribution is 6.33. The average Bonchev–Trinajstić information content (AvgIpc) is 2.58. The zero-order valence-electron chi connectivity index (χ0n) is 8.22. The van der Waals surface area contributed by atoms with Crippen molar-refractivity contribution in [3.63, 3.8) is 0 Å². The van der Waals surface area contributed by atoms with E-state index in [1.54, 1.807) is 6.07 Å². The molecule has 1 nitrogen and oxygen atoms in total. The van der Waals surface area contributed by atoms with Crippen LogP contribution in [-0.2, 0) is 0 Å². The van der Waals surface area contributed by atoms with E-state index >= 15 is 0 Å². The maximum atomic E-state index is 6.11. The maximum absolute atomic E-state index is 6.11. The molecule has 1 aromatic carbocycles. The molecule has 0 radical (unpaired) electrons. The molecular formula is C11H13Cl2N. The Balaban J connectivity index is 2.39. The number of rotatable bonds is 1. The van der Waals surface area contributed by atoms with Gasteiger partial charge in [0.15, 0.2) is 0 Å². The first-order valence-corrected chi connectivity index (χ1v) is 5.40. The molecule has 0 heterocycles. The quantitative estimate of drug-likeness (QED) is 0.785. The lowest BCUT2D eigenvalue weighted by atomic mass is 10.0. The van der Waals surface area contributed by atoms with E-state index in [0.29, 0.717) is 5.92 Å². The lowest BCUT2D eigenvalue weighted by molar-refractivity contribution is 0.599. The first-order valence-electron chi connectivity index (χ1n) is 4.65. The first kappa shape index (κ1) is 10.3. The van der Waals surface area contributed by atoms with Gasteiger partial charge in [-0.1, -0.05) is 37.0 Å². The lowest BCUT2D eigenvalue weighted by Crippen LogP contribution is -2.06. The predicted molar refractivity (Wildman–Crippen MR) is 61.0 cm³/mol. The van der Waals surface area contributed by atoms with Crippen LogP contribution in [0.15, 0.2) is 18.2 Å². The number of hydrogen-bond donors (Lipinski definition) is 1. The van der Waals surface area contributed by atoms with Crippen molar-refractivity contribution in [2.75, 3.05) is 0 Å². The van der Waals surface area contributed by atoms with Crippen molar-refractivity contribution < 1.29 is 0 Å². The largest absolute Gasteiger partial charge is 0.327 e. The summed E-state index contributed by atoms with van der Waals surface area (Å²) in [6.45, 7) is 4.30. The zero-order valence-corrected chi connectivity index (χ0v) is 9.73. The molecule has 1 aliphatic rings. The molecule has 0 aromatic heterocycles. The molecule has 0 spiro atoms. The molecule has 1 aliphatic carbocycles. The van der Waals surface area contributed by atoms with Crippen LogP contribution in [0, 0.1) is 5.41 Å². The Bertz CT molecular complexity index is 374. The third-order valence-corrected chi connectivity index (χ3v) is 3.78. The van der Waals surface area contributed by atoms with E-state index in [1.165, 1.54) is 0 Å². The second-order valence-electron chi connectivity index (χ2n) is 4.49. The molecule has 2 atom stereocenters. The molecule has 2 unspecified atom stereocenters. The predicted octanol–water partition coefficient (Wildman–Crippen LogP) is 3.44. The summed E-state index contributed by atoms with van der Waals surface area (Å²) in [6.07, 6.45) is 0. The van der Waals surface area contributed by atoms with Crippen molar-refractivity contribution in [2.24, 2.45) is 11.1 Å². The normalized spacial score (nSPS) is 28.9. The van der Waals surface area contributed by atoms with Gasteiger partial charge in [0.25, 0.3) is 0 Å². The first-order chi connectivity index (χ1) is 6.44. The fraction of sp³-hybridized carbons (Fsp3) is 0.455. The summed E-state index contributed by atoms with van der Waals surface area (Å²) in [5.41, 5.74) is 7.22. The SMILES string of the molecule is CC1(C)C(N)C1c1cc(Cl)ccc1Cl. The van der Waals surface area contributed by atoms with E-state index in [1.807, 2.05) is 12.1 Å². The van der Waals surface area contributed by atoms with Crippen LogP contribution < -0.4 is 5.73 Å². The molecular weight excluding hydrogens is 217 g/mol. The van der Waals surface area contributed by atoms with E-state index in [0.717, 1.165) is 15.6 Å². The molecule has 2 rings (SSSR count). The Kier molecular flexibility index (Phi) is 2.30. The summed E-state index contributed by atoms with van der Waals surface area (Å²) >= 11 is 12.0. The molecule has 76 valence electrons. The van der Waals surface area contributed by atoms with Crippen molar-refractivity contribution in [3.05, 3.63) is 33.8 Å². The number of hydrogen-bond acceptors (Lipinski definition) is 1. The van der Waals surface area contributed by atoms with Gasteiger partial charge in [-0.25, -0.2) is 0 Å². The van der Waals surface area contributed by atoms with Crippen LogP contribution in [0.2, 0.25) is 10.0 Å². The Morgan fingerprint density at radius 2 is 1.86 bits per heavy atom. The Morgan fingerprint density at radius 3 is 2.36 bits per heavy atom. The topological polar surface area (TPSA) is 26.0 Å². The number of benzene rings is 1. The van der Waals surface area contributed by atoms with E-state index in [9.17, 15) is 0 Å². The van der Waals surface area contributed by atoms with E-state index in [2.05, 4.69) is 13.8 Å². The summed E-state index contributed by atoms with van der Waals surface area (Å²) < 4.78 is 0. The second kappa shape index (κ2) is 3.13. The monoisotopic (exact) mass is 229 g/mol. The van der Waals surface area contributed by atoms with Gasteiger partial charge in [-0.05, 0) is 29.2 Å². The Morgan fingerprint density at radius 1 is 1.29 bits per heavy atom. The second-order valence-corrected chi connectivity index (χ2v) is 5.33. The molecule has 0 saturated heterocycles. The molecule has 1 saturated carbocycles. The molecule has 1 fully saturated rings. The molecule has 14 heavy (non-hydrogen) atoms. The van der Waals surface area contributed by atoms with Gasteiger partial charge >= 0.3 is 0 Å². The van der Waals surface area contributed by atoms with Gasteiger partial charge in [-0.3, -0.25) is 0 Å². The fourth-order valence-corrected chi connectivity index (χ4v) is 2.44.